The quantitative estimate of drug-likeness (QED) is 0.847. The fourth-order valence-corrected chi connectivity index (χ4v) is 1.54. The third-order valence-corrected chi connectivity index (χ3v) is 2.31. The summed E-state index contributed by atoms with van der Waals surface area (Å²) < 4.78 is 0. The van der Waals surface area contributed by atoms with Crippen molar-refractivity contribution in [2.45, 2.75) is 0 Å². The van der Waals surface area contributed by atoms with E-state index in [9.17, 15) is 4.79 Å². The average Bonchev–Trinajstić information content (AvgIpc) is 2.30. The van der Waals surface area contributed by atoms with E-state index >= 15 is 0 Å². The van der Waals surface area contributed by atoms with Crippen molar-refractivity contribution in [2.75, 3.05) is 0 Å². The molecule has 0 spiro atoms. The first-order chi connectivity index (χ1) is 7.75. The second kappa shape index (κ2) is 4.62. The number of carboxylic acid groups (broad SMARTS) is 1. The summed E-state index contributed by atoms with van der Waals surface area (Å²) in [4.78, 5) is 10.5. The third kappa shape index (κ3) is 2.48. The Balaban J connectivity index is 2.23. The van der Waals surface area contributed by atoms with E-state index < -0.39 is 5.97 Å². The summed E-state index contributed by atoms with van der Waals surface area (Å²) in [5.74, 6) is -0.924. The Labute approximate surface area is 94.2 Å². The van der Waals surface area contributed by atoms with Gasteiger partial charge in [0.2, 0.25) is 0 Å². The molecule has 1 radical (unpaired) electrons. The first-order valence-corrected chi connectivity index (χ1v) is 4.99. The summed E-state index contributed by atoms with van der Waals surface area (Å²) >= 11 is 0. The number of carbonyl (C=O) groups is 1. The normalized spacial score (nSPS) is 10.0. The van der Waals surface area contributed by atoms with Gasteiger partial charge in [0.1, 0.15) is 0 Å². The summed E-state index contributed by atoms with van der Waals surface area (Å²) in [7, 11) is 0. The molecule has 16 heavy (non-hydrogen) atoms. The Hall–Kier alpha value is -2.09. The second-order valence-corrected chi connectivity index (χ2v) is 3.47. The number of aliphatic carboxylic acids is 1. The molecule has 0 atom stereocenters. The zero-order valence-electron chi connectivity index (χ0n) is 8.63. The van der Waals surface area contributed by atoms with Crippen molar-refractivity contribution in [3.05, 3.63) is 66.6 Å². The van der Waals surface area contributed by atoms with Crippen LogP contribution in [0.1, 0.15) is 5.56 Å². The van der Waals surface area contributed by atoms with Gasteiger partial charge in [-0.2, -0.15) is 0 Å². The van der Waals surface area contributed by atoms with Gasteiger partial charge in [-0.15, -0.1) is 0 Å². The Morgan fingerprint density at radius 2 is 1.44 bits per heavy atom. The molecule has 0 saturated carbocycles. The lowest BCUT2D eigenvalue weighted by Crippen LogP contribution is -1.96. The minimum Gasteiger partial charge on any atom is -0.481 e. The molecule has 79 valence electrons. The minimum atomic E-state index is -0.924. The SMILES string of the molecule is O=C(O)[CH]c1ccc(-c2ccccc2)cc1. The van der Waals surface area contributed by atoms with Crippen LogP contribution in [0.15, 0.2) is 54.6 Å². The van der Waals surface area contributed by atoms with Gasteiger partial charge in [-0.1, -0.05) is 54.6 Å². The molecular weight excluding hydrogens is 200 g/mol. The number of rotatable bonds is 3. The Morgan fingerprint density at radius 1 is 0.875 bits per heavy atom. The van der Waals surface area contributed by atoms with Crippen LogP contribution in [0.2, 0.25) is 0 Å². The summed E-state index contributed by atoms with van der Waals surface area (Å²) in [6.07, 6.45) is 1.19. The van der Waals surface area contributed by atoms with Crippen molar-refractivity contribution in [1.29, 1.82) is 0 Å². The van der Waals surface area contributed by atoms with E-state index in [4.69, 9.17) is 5.11 Å². The van der Waals surface area contributed by atoms with Crippen LogP contribution < -0.4 is 0 Å². The fraction of sp³-hybridized carbons (Fsp3) is 0. The summed E-state index contributed by atoms with van der Waals surface area (Å²) in [5.41, 5.74) is 2.92. The summed E-state index contributed by atoms with van der Waals surface area (Å²) in [6.45, 7) is 0. The standard InChI is InChI=1S/C14H11O2/c15-14(16)10-11-6-8-13(9-7-11)12-4-2-1-3-5-12/h1-10H,(H,15,16). The zero-order valence-corrected chi connectivity index (χ0v) is 8.63. The van der Waals surface area contributed by atoms with Crippen LogP contribution in [0.3, 0.4) is 0 Å². The van der Waals surface area contributed by atoms with Crippen molar-refractivity contribution in [2.24, 2.45) is 0 Å². The van der Waals surface area contributed by atoms with E-state index in [0.717, 1.165) is 11.1 Å². The largest absolute Gasteiger partial charge is 0.481 e. The molecule has 0 amide bonds. The van der Waals surface area contributed by atoms with E-state index in [1.54, 1.807) is 12.1 Å². The average molecular weight is 211 g/mol. The Bertz CT molecular complexity index is 472. The minimum absolute atomic E-state index is 0.701. The van der Waals surface area contributed by atoms with Gasteiger partial charge in [0.15, 0.2) is 0 Å². The van der Waals surface area contributed by atoms with Gasteiger partial charge in [-0.05, 0) is 16.7 Å². The fourth-order valence-electron chi connectivity index (χ4n) is 1.54. The van der Waals surface area contributed by atoms with Crippen molar-refractivity contribution in [1.82, 2.24) is 0 Å². The number of hydrogen-bond acceptors (Lipinski definition) is 1. The maximum absolute atomic E-state index is 10.5. The van der Waals surface area contributed by atoms with Gasteiger partial charge in [0.05, 0.1) is 6.42 Å². The molecule has 2 aromatic rings. The molecular formula is C14H11O2. The van der Waals surface area contributed by atoms with E-state index in [1.165, 1.54) is 6.42 Å². The summed E-state index contributed by atoms with van der Waals surface area (Å²) in [5, 5.41) is 8.60. The zero-order chi connectivity index (χ0) is 11.4. The molecule has 0 aliphatic rings. The number of hydrogen-bond donors (Lipinski definition) is 1. The molecule has 0 bridgehead atoms. The molecule has 0 unspecified atom stereocenters. The third-order valence-electron chi connectivity index (χ3n) is 2.31. The Kier molecular flexibility index (Phi) is 3.01. The first kappa shape index (κ1) is 10.4. The highest BCUT2D eigenvalue weighted by molar-refractivity contribution is 5.81. The lowest BCUT2D eigenvalue weighted by Gasteiger charge is -2.02. The predicted molar refractivity (Wildman–Crippen MR) is 62.9 cm³/mol. The monoisotopic (exact) mass is 211 g/mol. The van der Waals surface area contributed by atoms with Crippen molar-refractivity contribution < 1.29 is 9.90 Å². The molecule has 0 heterocycles. The molecule has 2 rings (SSSR count). The number of carboxylic acids is 1. The van der Waals surface area contributed by atoms with Gasteiger partial charge < -0.3 is 5.11 Å². The molecule has 0 aliphatic carbocycles. The van der Waals surface area contributed by atoms with Crippen LogP contribution in [0.5, 0.6) is 0 Å². The van der Waals surface area contributed by atoms with Crippen LogP contribution in [0, 0.1) is 6.42 Å². The molecule has 2 heteroatoms. The highest BCUT2D eigenvalue weighted by Crippen LogP contribution is 2.19. The van der Waals surface area contributed by atoms with E-state index in [2.05, 4.69) is 0 Å². The Morgan fingerprint density at radius 3 is 2.00 bits per heavy atom. The van der Waals surface area contributed by atoms with Crippen LogP contribution >= 0.6 is 0 Å². The van der Waals surface area contributed by atoms with Crippen LogP contribution in [-0.4, -0.2) is 11.1 Å². The van der Waals surface area contributed by atoms with E-state index in [0.29, 0.717) is 5.56 Å². The smallest absolute Gasteiger partial charge is 0.312 e. The molecule has 0 fully saturated rings. The van der Waals surface area contributed by atoms with E-state index in [1.807, 2.05) is 42.5 Å². The van der Waals surface area contributed by atoms with Gasteiger partial charge in [0.25, 0.3) is 0 Å². The molecule has 0 saturated heterocycles. The van der Waals surface area contributed by atoms with Gasteiger partial charge >= 0.3 is 5.97 Å². The molecule has 1 N–H and O–H groups in total. The van der Waals surface area contributed by atoms with Crippen molar-refractivity contribution >= 4 is 5.97 Å². The topological polar surface area (TPSA) is 37.3 Å². The van der Waals surface area contributed by atoms with E-state index in [-0.39, 0.29) is 0 Å². The summed E-state index contributed by atoms with van der Waals surface area (Å²) in [6, 6.07) is 17.4. The second-order valence-electron chi connectivity index (χ2n) is 3.47. The highest BCUT2D eigenvalue weighted by Gasteiger charge is 2.01. The highest BCUT2D eigenvalue weighted by atomic mass is 16.4. The van der Waals surface area contributed by atoms with Crippen molar-refractivity contribution in [3.63, 3.8) is 0 Å². The maximum Gasteiger partial charge on any atom is 0.312 e. The number of benzene rings is 2. The van der Waals surface area contributed by atoms with Crippen LogP contribution in [0.25, 0.3) is 11.1 Å². The van der Waals surface area contributed by atoms with Crippen LogP contribution in [-0.2, 0) is 4.79 Å². The lowest BCUT2D eigenvalue weighted by molar-refractivity contribution is -0.132. The van der Waals surface area contributed by atoms with Crippen LogP contribution in [0.4, 0.5) is 0 Å². The maximum atomic E-state index is 10.5. The predicted octanol–water partition coefficient (Wildman–Crippen LogP) is 2.99. The molecule has 0 aromatic heterocycles. The molecule has 0 aliphatic heterocycles. The first-order valence-electron chi connectivity index (χ1n) is 4.99. The molecule has 2 nitrogen and oxygen atoms in total. The van der Waals surface area contributed by atoms with Gasteiger partial charge in [0, 0.05) is 0 Å². The van der Waals surface area contributed by atoms with Gasteiger partial charge in [-0.25, -0.2) is 0 Å². The van der Waals surface area contributed by atoms with Crippen molar-refractivity contribution in [3.8, 4) is 11.1 Å². The molecule has 2 aromatic carbocycles. The van der Waals surface area contributed by atoms with Gasteiger partial charge in [-0.3, -0.25) is 4.79 Å². The lowest BCUT2D eigenvalue weighted by atomic mass is 10.0.